The quantitative estimate of drug-likeness (QED) is 0.584. The van der Waals surface area contributed by atoms with Gasteiger partial charge in [-0.1, -0.05) is 6.07 Å². The largest absolute Gasteiger partial charge is 0.345 e. The molecule has 1 aliphatic rings. The van der Waals surface area contributed by atoms with Gasteiger partial charge in [0.05, 0.1) is 4.90 Å². The highest BCUT2D eigenvalue weighted by atomic mass is 32.2. The fourth-order valence-electron chi connectivity index (χ4n) is 3.60. The standard InChI is InChI=1S/C20H23N5O5S2/c1-23(2)31(27,28)16-6-3-5-15(13-16)20(26)24-9-11-25(12-10-24)32(29,30)18-14-22-19-17(18)7-4-8-21-19/h3-8,13-14H,9-12H2,1-2H3,(H,21,22). The summed E-state index contributed by atoms with van der Waals surface area (Å²) in [5.41, 5.74) is 0.736. The average Bonchev–Trinajstić information content (AvgIpc) is 3.24. The topological polar surface area (TPSA) is 124 Å². The predicted octanol–water partition coefficient (Wildman–Crippen LogP) is 0.960. The van der Waals surface area contributed by atoms with E-state index >= 15 is 0 Å². The van der Waals surface area contributed by atoms with Crippen molar-refractivity contribution >= 4 is 37.0 Å². The highest BCUT2D eigenvalue weighted by Gasteiger charge is 2.32. The molecule has 170 valence electrons. The lowest BCUT2D eigenvalue weighted by atomic mass is 10.2. The molecule has 0 bridgehead atoms. The van der Waals surface area contributed by atoms with E-state index in [0.717, 1.165) is 4.31 Å². The van der Waals surface area contributed by atoms with E-state index in [-0.39, 0.29) is 47.4 Å². The summed E-state index contributed by atoms with van der Waals surface area (Å²) in [6.07, 6.45) is 3.01. The number of aromatic amines is 1. The Kier molecular flexibility index (Phi) is 5.79. The first-order chi connectivity index (χ1) is 15.1. The van der Waals surface area contributed by atoms with Crippen LogP contribution in [0, 0.1) is 0 Å². The molecule has 3 aromatic rings. The minimum absolute atomic E-state index is 0.0301. The van der Waals surface area contributed by atoms with Crippen molar-refractivity contribution in [1.29, 1.82) is 0 Å². The van der Waals surface area contributed by atoms with Gasteiger partial charge in [0.25, 0.3) is 5.91 Å². The van der Waals surface area contributed by atoms with Crippen LogP contribution in [0.25, 0.3) is 11.0 Å². The molecule has 0 spiro atoms. The summed E-state index contributed by atoms with van der Waals surface area (Å²) in [7, 11) is -4.58. The van der Waals surface area contributed by atoms with Gasteiger partial charge in [0.2, 0.25) is 20.0 Å². The fourth-order valence-corrected chi connectivity index (χ4v) is 6.12. The van der Waals surface area contributed by atoms with Gasteiger partial charge in [-0.05, 0) is 30.3 Å². The minimum atomic E-state index is -3.76. The number of hydrogen-bond donors (Lipinski definition) is 1. The van der Waals surface area contributed by atoms with Crippen LogP contribution in [0.1, 0.15) is 10.4 Å². The third-order valence-electron chi connectivity index (χ3n) is 5.42. The summed E-state index contributed by atoms with van der Waals surface area (Å²) in [5, 5.41) is 0.518. The Bertz CT molecular complexity index is 1370. The number of fused-ring (bicyclic) bond motifs is 1. The first kappa shape index (κ1) is 22.4. The smallest absolute Gasteiger partial charge is 0.253 e. The first-order valence-electron chi connectivity index (χ1n) is 9.86. The number of hydrogen-bond acceptors (Lipinski definition) is 6. The summed E-state index contributed by atoms with van der Waals surface area (Å²) in [5.74, 6) is -0.339. The summed E-state index contributed by atoms with van der Waals surface area (Å²) in [6, 6.07) is 9.23. The number of carbonyl (C=O) groups is 1. The Morgan fingerprint density at radius 2 is 1.75 bits per heavy atom. The van der Waals surface area contributed by atoms with E-state index in [0.29, 0.717) is 11.0 Å². The molecule has 0 radical (unpaired) electrons. The van der Waals surface area contributed by atoms with E-state index in [1.54, 1.807) is 24.4 Å². The number of benzene rings is 1. The lowest BCUT2D eigenvalue weighted by Crippen LogP contribution is -2.50. The van der Waals surface area contributed by atoms with Crippen LogP contribution >= 0.6 is 0 Å². The lowest BCUT2D eigenvalue weighted by Gasteiger charge is -2.34. The lowest BCUT2D eigenvalue weighted by molar-refractivity contribution is 0.0697. The van der Waals surface area contributed by atoms with Crippen LogP contribution in [-0.2, 0) is 20.0 Å². The molecule has 0 atom stereocenters. The molecular formula is C20H23N5O5S2. The van der Waals surface area contributed by atoms with Crippen LogP contribution in [-0.4, -0.2) is 86.5 Å². The van der Waals surface area contributed by atoms with Crippen LogP contribution in [0.5, 0.6) is 0 Å². The van der Waals surface area contributed by atoms with E-state index < -0.39 is 20.0 Å². The third kappa shape index (κ3) is 3.90. The highest BCUT2D eigenvalue weighted by Crippen LogP contribution is 2.25. The number of amides is 1. The first-order valence-corrected chi connectivity index (χ1v) is 12.7. The molecule has 1 saturated heterocycles. The zero-order chi connectivity index (χ0) is 23.1. The van der Waals surface area contributed by atoms with Crippen LogP contribution in [0.15, 0.2) is 58.6 Å². The normalized spacial score (nSPS) is 16.0. The molecule has 1 amide bonds. The number of carbonyl (C=O) groups excluding carboxylic acids is 1. The second-order valence-corrected chi connectivity index (χ2v) is 11.6. The van der Waals surface area contributed by atoms with Gasteiger partial charge in [-0.3, -0.25) is 4.79 Å². The minimum Gasteiger partial charge on any atom is -0.345 e. The van der Waals surface area contributed by atoms with Gasteiger partial charge in [-0.15, -0.1) is 0 Å². The number of sulfonamides is 2. The molecule has 10 nitrogen and oxygen atoms in total. The van der Waals surface area contributed by atoms with Gasteiger partial charge in [0.1, 0.15) is 10.5 Å². The molecule has 12 heteroatoms. The molecule has 4 rings (SSSR count). The van der Waals surface area contributed by atoms with Crippen molar-refractivity contribution in [1.82, 2.24) is 23.5 Å². The maximum absolute atomic E-state index is 13.1. The molecule has 3 heterocycles. The van der Waals surface area contributed by atoms with Crippen LogP contribution in [0.4, 0.5) is 0 Å². The van der Waals surface area contributed by atoms with E-state index in [1.165, 1.54) is 47.7 Å². The number of piperazine rings is 1. The van der Waals surface area contributed by atoms with Gasteiger partial charge < -0.3 is 9.88 Å². The van der Waals surface area contributed by atoms with Gasteiger partial charge in [-0.2, -0.15) is 4.31 Å². The Morgan fingerprint density at radius 3 is 2.44 bits per heavy atom. The zero-order valence-electron chi connectivity index (χ0n) is 17.6. The highest BCUT2D eigenvalue weighted by molar-refractivity contribution is 7.89. The van der Waals surface area contributed by atoms with Crippen molar-refractivity contribution in [2.24, 2.45) is 0 Å². The molecule has 1 fully saturated rings. The van der Waals surface area contributed by atoms with E-state index in [9.17, 15) is 21.6 Å². The second kappa shape index (κ2) is 8.28. The van der Waals surface area contributed by atoms with Crippen molar-refractivity contribution in [3.63, 3.8) is 0 Å². The molecule has 0 aliphatic carbocycles. The van der Waals surface area contributed by atoms with Crippen LogP contribution in [0.3, 0.4) is 0 Å². The molecule has 0 saturated carbocycles. The maximum atomic E-state index is 13.1. The molecule has 2 aromatic heterocycles. The molecule has 0 unspecified atom stereocenters. The van der Waals surface area contributed by atoms with Crippen molar-refractivity contribution in [2.75, 3.05) is 40.3 Å². The number of nitrogens with zero attached hydrogens (tertiary/aromatic N) is 4. The van der Waals surface area contributed by atoms with Crippen molar-refractivity contribution in [2.45, 2.75) is 9.79 Å². The van der Waals surface area contributed by atoms with Crippen LogP contribution in [0.2, 0.25) is 0 Å². The number of H-pyrrole nitrogens is 1. The zero-order valence-corrected chi connectivity index (χ0v) is 19.2. The summed E-state index contributed by atoms with van der Waals surface area (Å²) in [6.45, 7) is 0.667. The van der Waals surface area contributed by atoms with Crippen molar-refractivity contribution < 1.29 is 21.6 Å². The number of pyridine rings is 1. The van der Waals surface area contributed by atoms with Gasteiger partial charge in [0, 0.05) is 63.6 Å². The van der Waals surface area contributed by atoms with Gasteiger partial charge in [-0.25, -0.2) is 26.1 Å². The average molecular weight is 478 g/mol. The van der Waals surface area contributed by atoms with Crippen molar-refractivity contribution in [3.8, 4) is 0 Å². The number of nitrogens with one attached hydrogen (secondary N) is 1. The Hall–Kier alpha value is -2.80. The van der Waals surface area contributed by atoms with Crippen molar-refractivity contribution in [3.05, 3.63) is 54.4 Å². The third-order valence-corrected chi connectivity index (χ3v) is 9.17. The predicted molar refractivity (Wildman–Crippen MR) is 118 cm³/mol. The molecule has 1 aliphatic heterocycles. The Balaban J connectivity index is 1.50. The van der Waals surface area contributed by atoms with Gasteiger partial charge in [0.15, 0.2) is 0 Å². The van der Waals surface area contributed by atoms with E-state index in [1.807, 2.05) is 0 Å². The second-order valence-electron chi connectivity index (χ2n) is 7.56. The SMILES string of the molecule is CN(C)S(=O)(=O)c1cccc(C(=O)N2CCN(S(=O)(=O)c3c[nH]c4ncccc34)CC2)c1. The number of aromatic nitrogens is 2. The maximum Gasteiger partial charge on any atom is 0.253 e. The van der Waals surface area contributed by atoms with Crippen LogP contribution < -0.4 is 0 Å². The summed E-state index contributed by atoms with van der Waals surface area (Å²) >= 11 is 0. The van der Waals surface area contributed by atoms with Gasteiger partial charge >= 0.3 is 0 Å². The fraction of sp³-hybridized carbons (Fsp3) is 0.300. The molecule has 1 N–H and O–H groups in total. The number of rotatable bonds is 5. The van der Waals surface area contributed by atoms with E-state index in [2.05, 4.69) is 9.97 Å². The molecular weight excluding hydrogens is 454 g/mol. The molecule has 1 aromatic carbocycles. The Morgan fingerprint density at radius 1 is 1.03 bits per heavy atom. The van der Waals surface area contributed by atoms with E-state index in [4.69, 9.17) is 0 Å². The molecule has 32 heavy (non-hydrogen) atoms. The monoisotopic (exact) mass is 477 g/mol. The summed E-state index contributed by atoms with van der Waals surface area (Å²) in [4.78, 5) is 21.7. The summed E-state index contributed by atoms with van der Waals surface area (Å²) < 4.78 is 53.4. The Labute approximate surface area is 186 Å².